The number of aliphatic hydroxyl groups is 1. The molecule has 2 aromatic rings. The quantitative estimate of drug-likeness (QED) is 0.356. The maximum absolute atomic E-state index is 11.8. The van der Waals surface area contributed by atoms with Crippen molar-refractivity contribution < 1.29 is 15.0 Å². The van der Waals surface area contributed by atoms with E-state index >= 15 is 0 Å². The summed E-state index contributed by atoms with van der Waals surface area (Å²) < 4.78 is 0. The molecule has 0 aliphatic carbocycles. The van der Waals surface area contributed by atoms with Crippen LogP contribution in [0.25, 0.3) is 0 Å². The van der Waals surface area contributed by atoms with Crippen molar-refractivity contribution in [2.24, 2.45) is 0 Å². The number of hydrogen-bond donors (Lipinski definition) is 4. The van der Waals surface area contributed by atoms with E-state index in [1.54, 1.807) is 54.6 Å². The summed E-state index contributed by atoms with van der Waals surface area (Å²) >= 11 is 0. The number of hydrogen-bond acceptors (Lipinski definition) is 4. The highest BCUT2D eigenvalue weighted by atomic mass is 16.3. The number of carbonyl (C=O) groups is 1. The average molecular weight is 326 g/mol. The van der Waals surface area contributed by atoms with Crippen LogP contribution in [0.15, 0.2) is 60.7 Å². The predicted molar refractivity (Wildman–Crippen MR) is 95.5 cm³/mol. The molecule has 0 saturated heterocycles. The van der Waals surface area contributed by atoms with Crippen molar-refractivity contribution in [3.63, 3.8) is 0 Å². The number of phenols is 1. The van der Waals surface area contributed by atoms with E-state index in [9.17, 15) is 15.0 Å². The number of nitrogens with two attached hydrogens (primary N) is 1. The third kappa shape index (κ3) is 5.44. The van der Waals surface area contributed by atoms with Crippen molar-refractivity contribution >= 4 is 17.3 Å². The van der Waals surface area contributed by atoms with Gasteiger partial charge in [-0.1, -0.05) is 30.3 Å². The van der Waals surface area contributed by atoms with E-state index in [0.29, 0.717) is 24.2 Å². The minimum atomic E-state index is -0.572. The van der Waals surface area contributed by atoms with E-state index in [1.165, 1.54) is 6.08 Å². The Morgan fingerprint density at radius 3 is 2.58 bits per heavy atom. The van der Waals surface area contributed by atoms with Crippen LogP contribution >= 0.6 is 0 Å². The SMILES string of the molecule is Nc1ccccc1NC(=O)/C=C/CCC[C@@H](O)c1ccc(O)cc1. The standard InChI is InChI=1S/C19H22N2O3/c20-16-6-4-5-7-17(16)21-19(24)9-3-1-2-8-18(23)14-10-12-15(22)13-11-14/h3-7,9-13,18,22-23H,1-2,8,20H2,(H,21,24)/b9-3+/t18-/m1/s1. The van der Waals surface area contributed by atoms with Gasteiger partial charge in [0.2, 0.25) is 5.91 Å². The molecule has 5 heteroatoms. The fourth-order valence-corrected chi connectivity index (χ4v) is 2.27. The largest absolute Gasteiger partial charge is 0.508 e. The van der Waals surface area contributed by atoms with Crippen molar-refractivity contribution in [1.82, 2.24) is 0 Å². The maximum Gasteiger partial charge on any atom is 0.248 e. The second-order valence-corrected chi connectivity index (χ2v) is 5.52. The van der Waals surface area contributed by atoms with Crippen LogP contribution in [-0.2, 0) is 4.79 Å². The first-order valence-corrected chi connectivity index (χ1v) is 7.85. The lowest BCUT2D eigenvalue weighted by atomic mass is 10.0. The number of anilines is 2. The monoisotopic (exact) mass is 326 g/mol. The summed E-state index contributed by atoms with van der Waals surface area (Å²) in [5.41, 5.74) is 7.65. The Morgan fingerprint density at radius 1 is 1.17 bits per heavy atom. The number of benzene rings is 2. The number of nitrogen functional groups attached to an aromatic ring is 1. The molecule has 5 N–H and O–H groups in total. The molecule has 0 unspecified atom stereocenters. The van der Waals surface area contributed by atoms with Gasteiger partial charge < -0.3 is 21.3 Å². The number of aliphatic hydroxyl groups excluding tert-OH is 1. The van der Waals surface area contributed by atoms with Crippen molar-refractivity contribution in [3.05, 3.63) is 66.2 Å². The second-order valence-electron chi connectivity index (χ2n) is 5.52. The molecule has 24 heavy (non-hydrogen) atoms. The van der Waals surface area contributed by atoms with Crippen molar-refractivity contribution in [3.8, 4) is 5.75 Å². The third-order valence-corrected chi connectivity index (χ3v) is 3.61. The van der Waals surface area contributed by atoms with Crippen molar-refractivity contribution in [2.75, 3.05) is 11.1 Å². The van der Waals surface area contributed by atoms with Gasteiger partial charge in [-0.15, -0.1) is 0 Å². The summed E-state index contributed by atoms with van der Waals surface area (Å²) in [6.45, 7) is 0. The minimum absolute atomic E-state index is 0.180. The van der Waals surface area contributed by atoms with Crippen LogP contribution in [-0.4, -0.2) is 16.1 Å². The summed E-state index contributed by atoms with van der Waals surface area (Å²) in [7, 11) is 0. The summed E-state index contributed by atoms with van der Waals surface area (Å²) in [5, 5.41) is 22.0. The maximum atomic E-state index is 11.8. The van der Waals surface area contributed by atoms with Crippen LogP contribution in [0.4, 0.5) is 11.4 Å². The zero-order valence-electron chi connectivity index (χ0n) is 13.4. The van der Waals surface area contributed by atoms with E-state index in [1.807, 2.05) is 0 Å². The van der Waals surface area contributed by atoms with Gasteiger partial charge >= 0.3 is 0 Å². The van der Waals surface area contributed by atoms with E-state index in [2.05, 4.69) is 5.32 Å². The number of para-hydroxylation sites is 2. The lowest BCUT2D eigenvalue weighted by Crippen LogP contribution is -2.09. The first kappa shape index (κ1) is 17.6. The molecule has 0 spiro atoms. The van der Waals surface area contributed by atoms with Crippen molar-refractivity contribution in [2.45, 2.75) is 25.4 Å². The van der Waals surface area contributed by atoms with Gasteiger partial charge in [0, 0.05) is 0 Å². The third-order valence-electron chi connectivity index (χ3n) is 3.61. The number of rotatable bonds is 7. The molecule has 1 atom stereocenters. The van der Waals surface area contributed by atoms with Gasteiger partial charge in [-0.3, -0.25) is 4.79 Å². The smallest absolute Gasteiger partial charge is 0.248 e. The van der Waals surface area contributed by atoms with Crippen LogP contribution < -0.4 is 11.1 Å². The molecule has 126 valence electrons. The lowest BCUT2D eigenvalue weighted by Gasteiger charge is -2.10. The number of allylic oxidation sites excluding steroid dienone is 1. The van der Waals surface area contributed by atoms with Crippen LogP contribution in [0.3, 0.4) is 0 Å². The predicted octanol–water partition coefficient (Wildman–Crippen LogP) is 3.37. The fraction of sp³-hybridized carbons (Fsp3) is 0.211. The normalized spacial score (nSPS) is 12.2. The molecule has 2 aromatic carbocycles. The molecule has 0 fully saturated rings. The van der Waals surface area contributed by atoms with Crippen LogP contribution in [0.2, 0.25) is 0 Å². The highest BCUT2D eigenvalue weighted by molar-refractivity contribution is 6.01. The van der Waals surface area contributed by atoms with Gasteiger partial charge in [-0.2, -0.15) is 0 Å². The minimum Gasteiger partial charge on any atom is -0.508 e. The zero-order chi connectivity index (χ0) is 17.4. The number of carbonyl (C=O) groups excluding carboxylic acids is 1. The lowest BCUT2D eigenvalue weighted by molar-refractivity contribution is -0.111. The molecule has 0 aliphatic rings. The second kappa shape index (κ2) is 8.74. The first-order chi connectivity index (χ1) is 11.6. The Bertz CT molecular complexity index is 696. The molecule has 1 amide bonds. The van der Waals surface area contributed by atoms with Crippen molar-refractivity contribution in [1.29, 1.82) is 0 Å². The van der Waals surface area contributed by atoms with Crippen LogP contribution in [0, 0.1) is 0 Å². The van der Waals surface area contributed by atoms with E-state index in [-0.39, 0.29) is 11.7 Å². The van der Waals surface area contributed by atoms with E-state index < -0.39 is 6.10 Å². The van der Waals surface area contributed by atoms with Gasteiger partial charge in [0.25, 0.3) is 0 Å². The summed E-state index contributed by atoms with van der Waals surface area (Å²) in [6, 6.07) is 13.6. The molecule has 0 aromatic heterocycles. The van der Waals surface area contributed by atoms with Gasteiger partial charge in [-0.05, 0) is 55.2 Å². The Kier molecular flexibility index (Phi) is 6.40. The number of unbranched alkanes of at least 4 members (excludes halogenated alkanes) is 1. The highest BCUT2D eigenvalue weighted by Gasteiger charge is 2.06. The molecule has 0 bridgehead atoms. The van der Waals surface area contributed by atoms with Gasteiger partial charge in [0.05, 0.1) is 17.5 Å². The number of amides is 1. The van der Waals surface area contributed by atoms with Crippen LogP contribution in [0.5, 0.6) is 5.75 Å². The van der Waals surface area contributed by atoms with Gasteiger partial charge in [-0.25, -0.2) is 0 Å². The Labute approximate surface area is 141 Å². The van der Waals surface area contributed by atoms with E-state index in [0.717, 1.165) is 12.0 Å². The molecule has 0 radical (unpaired) electrons. The summed E-state index contributed by atoms with van der Waals surface area (Å²) in [5.74, 6) is -0.0501. The Balaban J connectivity index is 1.71. The molecule has 2 rings (SSSR count). The van der Waals surface area contributed by atoms with Gasteiger partial charge in [0.1, 0.15) is 5.75 Å². The van der Waals surface area contributed by atoms with Gasteiger partial charge in [0.15, 0.2) is 0 Å². The molecule has 0 aliphatic heterocycles. The topological polar surface area (TPSA) is 95.6 Å². The molecular formula is C19H22N2O3. The van der Waals surface area contributed by atoms with E-state index in [4.69, 9.17) is 5.73 Å². The Morgan fingerprint density at radius 2 is 1.88 bits per heavy atom. The Hall–Kier alpha value is -2.79. The molecule has 0 heterocycles. The highest BCUT2D eigenvalue weighted by Crippen LogP contribution is 2.21. The first-order valence-electron chi connectivity index (χ1n) is 7.85. The molecule has 5 nitrogen and oxygen atoms in total. The fourth-order valence-electron chi connectivity index (χ4n) is 2.27. The number of nitrogens with one attached hydrogen (secondary N) is 1. The average Bonchev–Trinajstić information content (AvgIpc) is 2.57. The summed E-state index contributed by atoms with van der Waals surface area (Å²) in [6.07, 6.45) is 4.70. The molecular weight excluding hydrogens is 304 g/mol. The number of aromatic hydroxyl groups is 1. The summed E-state index contributed by atoms with van der Waals surface area (Å²) in [4.78, 5) is 11.8. The molecule has 0 saturated carbocycles. The zero-order valence-corrected chi connectivity index (χ0v) is 13.4. The van der Waals surface area contributed by atoms with Crippen LogP contribution in [0.1, 0.15) is 30.9 Å². The number of phenolic OH excluding ortho intramolecular Hbond substituents is 1.